The molecule has 1 aliphatic heterocycles. The van der Waals surface area contributed by atoms with E-state index in [1.165, 1.54) is 0 Å². The van der Waals surface area contributed by atoms with E-state index in [2.05, 4.69) is 15.7 Å². The van der Waals surface area contributed by atoms with Crippen molar-refractivity contribution < 1.29 is 9.59 Å². The van der Waals surface area contributed by atoms with Crippen molar-refractivity contribution in [2.24, 2.45) is 12.5 Å². The van der Waals surface area contributed by atoms with Gasteiger partial charge in [0.25, 0.3) is 0 Å². The molecule has 3 amide bonds. The molecular formula is C10H14N4O2. The molecule has 2 heterocycles. The SMILES string of the molecule is Cn1cc(C2NC(=O)NC(=O)C2(C)C)cn1. The van der Waals surface area contributed by atoms with Crippen molar-refractivity contribution in [3.05, 3.63) is 18.0 Å². The number of hydrogen-bond acceptors (Lipinski definition) is 3. The van der Waals surface area contributed by atoms with Crippen molar-refractivity contribution >= 4 is 11.9 Å². The quantitative estimate of drug-likeness (QED) is 0.718. The average molecular weight is 222 g/mol. The van der Waals surface area contributed by atoms with Crippen LogP contribution in [0.2, 0.25) is 0 Å². The van der Waals surface area contributed by atoms with Gasteiger partial charge in [-0.1, -0.05) is 0 Å². The van der Waals surface area contributed by atoms with Gasteiger partial charge in [0.2, 0.25) is 5.91 Å². The van der Waals surface area contributed by atoms with Crippen LogP contribution in [0.5, 0.6) is 0 Å². The second-order valence-electron chi connectivity index (χ2n) is 4.53. The van der Waals surface area contributed by atoms with Crippen molar-refractivity contribution in [2.75, 3.05) is 0 Å². The number of aromatic nitrogens is 2. The summed E-state index contributed by atoms with van der Waals surface area (Å²) in [6, 6.07) is -0.805. The van der Waals surface area contributed by atoms with Gasteiger partial charge in [-0.2, -0.15) is 5.10 Å². The molecule has 1 aliphatic rings. The fourth-order valence-corrected chi connectivity index (χ4v) is 1.83. The topological polar surface area (TPSA) is 76.0 Å². The van der Waals surface area contributed by atoms with E-state index >= 15 is 0 Å². The number of aryl methyl sites for hydroxylation is 1. The van der Waals surface area contributed by atoms with Crippen LogP contribution in [0.3, 0.4) is 0 Å². The number of rotatable bonds is 1. The van der Waals surface area contributed by atoms with E-state index in [1.807, 2.05) is 0 Å². The van der Waals surface area contributed by atoms with Crippen molar-refractivity contribution in [3.63, 3.8) is 0 Å². The van der Waals surface area contributed by atoms with Gasteiger partial charge in [-0.15, -0.1) is 0 Å². The summed E-state index contributed by atoms with van der Waals surface area (Å²) in [5.41, 5.74) is 0.146. The average Bonchev–Trinajstić information content (AvgIpc) is 2.58. The molecule has 16 heavy (non-hydrogen) atoms. The Kier molecular flexibility index (Phi) is 2.22. The van der Waals surface area contributed by atoms with Gasteiger partial charge in [-0.25, -0.2) is 4.79 Å². The van der Waals surface area contributed by atoms with E-state index in [4.69, 9.17) is 0 Å². The van der Waals surface area contributed by atoms with Crippen molar-refractivity contribution in [1.29, 1.82) is 0 Å². The van der Waals surface area contributed by atoms with Crippen LogP contribution in [0.4, 0.5) is 4.79 Å². The number of carbonyl (C=O) groups is 2. The number of hydrogen-bond donors (Lipinski definition) is 2. The van der Waals surface area contributed by atoms with Gasteiger partial charge in [0.05, 0.1) is 17.7 Å². The zero-order chi connectivity index (χ0) is 11.9. The maximum absolute atomic E-state index is 11.7. The van der Waals surface area contributed by atoms with Gasteiger partial charge >= 0.3 is 6.03 Å². The summed E-state index contributed by atoms with van der Waals surface area (Å²) in [7, 11) is 1.79. The van der Waals surface area contributed by atoms with Gasteiger partial charge in [-0.05, 0) is 13.8 Å². The van der Waals surface area contributed by atoms with Crippen LogP contribution in [0.25, 0.3) is 0 Å². The minimum absolute atomic E-state index is 0.273. The van der Waals surface area contributed by atoms with E-state index in [-0.39, 0.29) is 11.9 Å². The second kappa shape index (κ2) is 3.33. The number of imide groups is 1. The highest BCUT2D eigenvalue weighted by molar-refractivity contribution is 6.00. The molecule has 1 saturated heterocycles. The Labute approximate surface area is 93.0 Å². The fraction of sp³-hybridized carbons (Fsp3) is 0.500. The van der Waals surface area contributed by atoms with E-state index < -0.39 is 11.4 Å². The predicted molar refractivity (Wildman–Crippen MR) is 56.4 cm³/mol. The molecule has 0 radical (unpaired) electrons. The summed E-state index contributed by atoms with van der Waals surface area (Å²) in [4.78, 5) is 23.0. The Balaban J connectivity index is 2.38. The first-order valence-electron chi connectivity index (χ1n) is 5.02. The molecule has 86 valence electrons. The summed E-state index contributed by atoms with van der Waals surface area (Å²) < 4.78 is 1.64. The van der Waals surface area contributed by atoms with Crippen LogP contribution in [-0.4, -0.2) is 21.7 Å². The number of carbonyl (C=O) groups excluding carboxylic acids is 2. The molecule has 0 spiro atoms. The number of urea groups is 1. The summed E-state index contributed by atoms with van der Waals surface area (Å²) in [6.07, 6.45) is 3.45. The molecule has 6 heteroatoms. The third-order valence-corrected chi connectivity index (χ3v) is 2.87. The normalized spacial score (nSPS) is 23.8. The lowest BCUT2D eigenvalue weighted by atomic mass is 9.79. The van der Waals surface area contributed by atoms with Crippen LogP contribution < -0.4 is 10.6 Å². The van der Waals surface area contributed by atoms with Crippen LogP contribution in [0.1, 0.15) is 25.5 Å². The zero-order valence-electron chi connectivity index (χ0n) is 9.44. The molecular weight excluding hydrogens is 208 g/mol. The molecule has 1 aromatic rings. The highest BCUT2D eigenvalue weighted by Crippen LogP contribution is 2.35. The molecule has 1 unspecified atom stereocenters. The van der Waals surface area contributed by atoms with Crippen LogP contribution in [-0.2, 0) is 11.8 Å². The Morgan fingerprint density at radius 2 is 2.12 bits per heavy atom. The molecule has 2 N–H and O–H groups in total. The predicted octanol–water partition coefficient (Wildman–Crippen LogP) is 0.327. The van der Waals surface area contributed by atoms with Gasteiger partial charge < -0.3 is 5.32 Å². The van der Waals surface area contributed by atoms with E-state index in [0.29, 0.717) is 0 Å². The maximum atomic E-state index is 11.7. The summed E-state index contributed by atoms with van der Waals surface area (Å²) in [5, 5.41) is 9.04. The number of amides is 3. The Morgan fingerprint density at radius 1 is 1.44 bits per heavy atom. The Bertz CT molecular complexity index is 449. The first kappa shape index (κ1) is 10.7. The highest BCUT2D eigenvalue weighted by Gasteiger charge is 2.43. The van der Waals surface area contributed by atoms with E-state index in [9.17, 15) is 9.59 Å². The fourth-order valence-electron chi connectivity index (χ4n) is 1.83. The van der Waals surface area contributed by atoms with Gasteiger partial charge in [-0.3, -0.25) is 14.8 Å². The van der Waals surface area contributed by atoms with Crippen molar-refractivity contribution in [1.82, 2.24) is 20.4 Å². The van der Waals surface area contributed by atoms with Gasteiger partial charge in [0, 0.05) is 18.8 Å². The molecule has 6 nitrogen and oxygen atoms in total. The lowest BCUT2D eigenvalue weighted by Gasteiger charge is -2.36. The van der Waals surface area contributed by atoms with Gasteiger partial charge in [0.1, 0.15) is 0 Å². The molecule has 0 saturated carbocycles. The van der Waals surface area contributed by atoms with Crippen molar-refractivity contribution in [2.45, 2.75) is 19.9 Å². The third-order valence-electron chi connectivity index (χ3n) is 2.87. The molecule has 1 aromatic heterocycles. The second-order valence-corrected chi connectivity index (χ2v) is 4.53. The molecule has 0 aliphatic carbocycles. The summed E-state index contributed by atoms with van der Waals surface area (Å²) in [6.45, 7) is 3.58. The van der Waals surface area contributed by atoms with E-state index in [0.717, 1.165) is 5.56 Å². The smallest absolute Gasteiger partial charge is 0.321 e. The first-order valence-corrected chi connectivity index (χ1v) is 5.02. The minimum Gasteiger partial charge on any atom is -0.330 e. The van der Waals surface area contributed by atoms with Crippen LogP contribution >= 0.6 is 0 Å². The van der Waals surface area contributed by atoms with Crippen molar-refractivity contribution in [3.8, 4) is 0 Å². The summed E-state index contributed by atoms with van der Waals surface area (Å²) >= 11 is 0. The molecule has 1 atom stereocenters. The Hall–Kier alpha value is -1.85. The number of nitrogens with one attached hydrogen (secondary N) is 2. The minimum atomic E-state index is -0.684. The summed E-state index contributed by atoms with van der Waals surface area (Å²) in [5.74, 6) is -0.273. The molecule has 1 fully saturated rings. The van der Waals surface area contributed by atoms with Gasteiger partial charge in [0.15, 0.2) is 0 Å². The van der Waals surface area contributed by atoms with Crippen LogP contribution in [0.15, 0.2) is 12.4 Å². The van der Waals surface area contributed by atoms with Crippen LogP contribution in [0, 0.1) is 5.41 Å². The number of nitrogens with zero attached hydrogens (tertiary/aromatic N) is 2. The monoisotopic (exact) mass is 222 g/mol. The lowest BCUT2D eigenvalue weighted by molar-refractivity contribution is -0.131. The highest BCUT2D eigenvalue weighted by atomic mass is 16.2. The largest absolute Gasteiger partial charge is 0.330 e. The molecule has 2 rings (SSSR count). The Morgan fingerprint density at radius 3 is 2.69 bits per heavy atom. The van der Waals surface area contributed by atoms with E-state index in [1.54, 1.807) is 38.0 Å². The third kappa shape index (κ3) is 1.56. The molecule has 0 bridgehead atoms. The lowest BCUT2D eigenvalue weighted by Crippen LogP contribution is -2.58. The zero-order valence-corrected chi connectivity index (χ0v) is 9.44. The standard InChI is InChI=1S/C10H14N4O2/c1-10(2)7(6-4-11-14(3)5-6)12-9(16)13-8(10)15/h4-5,7H,1-3H3,(H2,12,13,15,16). The maximum Gasteiger partial charge on any atom is 0.321 e. The molecule has 0 aromatic carbocycles. The first-order chi connectivity index (χ1) is 7.41.